The van der Waals surface area contributed by atoms with E-state index in [0.717, 1.165) is 24.8 Å². The van der Waals surface area contributed by atoms with Crippen LogP contribution >= 0.6 is 0 Å². The number of fused-ring (bicyclic) bond motifs is 2. The van der Waals surface area contributed by atoms with Crippen molar-refractivity contribution in [2.45, 2.75) is 78.6 Å². The van der Waals surface area contributed by atoms with Crippen molar-refractivity contribution >= 4 is 5.97 Å². The summed E-state index contributed by atoms with van der Waals surface area (Å²) in [6, 6.07) is 0. The fourth-order valence-corrected chi connectivity index (χ4v) is 8.06. The third-order valence-corrected chi connectivity index (χ3v) is 9.76. The summed E-state index contributed by atoms with van der Waals surface area (Å²) in [6.07, 6.45) is 2.59. The van der Waals surface area contributed by atoms with E-state index in [-0.39, 0.29) is 39.8 Å². The maximum atomic E-state index is 12.3. The van der Waals surface area contributed by atoms with E-state index in [0.29, 0.717) is 18.4 Å². The molecule has 5 aliphatic rings. The summed E-state index contributed by atoms with van der Waals surface area (Å²) in [7, 11) is 0. The largest absolute Gasteiger partial charge is 0.458 e. The zero-order valence-corrected chi connectivity index (χ0v) is 16.9. The van der Waals surface area contributed by atoms with Gasteiger partial charge in [-0.15, -0.1) is 0 Å². The number of epoxide rings is 1. The molecule has 0 radical (unpaired) electrons. The first-order valence-electron chi connectivity index (χ1n) is 10.3. The summed E-state index contributed by atoms with van der Waals surface area (Å²) in [6.45, 7) is 14.1. The molecule has 0 amide bonds. The Hall–Kier alpha value is -0.870. The van der Waals surface area contributed by atoms with Crippen LogP contribution in [-0.4, -0.2) is 35.5 Å². The standard InChI is InChI=1S/C22H32O4/c1-11-9-21(6)14(13-10-25-18(24)15(11)13)7-8-20(5)12(2)19(3,4)16(23)17-22(20,21)26-17/h11-12,14,16-17,23H,7-10H2,1-6H3/t11?,12?,14-,16-,17-,20+,21-,22-/m0/s1. The van der Waals surface area contributed by atoms with Crippen molar-refractivity contribution < 1.29 is 19.4 Å². The van der Waals surface area contributed by atoms with E-state index in [9.17, 15) is 9.90 Å². The molecule has 2 aliphatic heterocycles. The Kier molecular flexibility index (Phi) is 3.03. The van der Waals surface area contributed by atoms with Crippen molar-refractivity contribution in [3.8, 4) is 0 Å². The highest BCUT2D eigenvalue weighted by Gasteiger charge is 2.85. The highest BCUT2D eigenvalue weighted by molar-refractivity contribution is 5.92. The summed E-state index contributed by atoms with van der Waals surface area (Å²) in [4.78, 5) is 12.3. The number of hydrogen-bond donors (Lipinski definition) is 1. The van der Waals surface area contributed by atoms with E-state index >= 15 is 0 Å². The summed E-state index contributed by atoms with van der Waals surface area (Å²) in [5, 5.41) is 11.1. The number of carbonyl (C=O) groups excluding carboxylic acids is 1. The van der Waals surface area contributed by atoms with Gasteiger partial charge in [0.05, 0.1) is 6.10 Å². The first kappa shape index (κ1) is 17.2. The lowest BCUT2D eigenvalue weighted by Gasteiger charge is -2.64. The van der Waals surface area contributed by atoms with Crippen molar-refractivity contribution in [2.75, 3.05) is 6.61 Å². The van der Waals surface area contributed by atoms with Gasteiger partial charge in [-0.3, -0.25) is 0 Å². The van der Waals surface area contributed by atoms with Gasteiger partial charge in [0.15, 0.2) is 0 Å². The maximum absolute atomic E-state index is 12.3. The van der Waals surface area contributed by atoms with E-state index < -0.39 is 6.10 Å². The molecule has 4 nitrogen and oxygen atoms in total. The van der Waals surface area contributed by atoms with Gasteiger partial charge >= 0.3 is 5.97 Å². The molecule has 3 aliphatic carbocycles. The van der Waals surface area contributed by atoms with Gasteiger partial charge in [0.2, 0.25) is 0 Å². The predicted molar refractivity (Wildman–Crippen MR) is 97.3 cm³/mol. The average molecular weight is 360 g/mol. The molecule has 4 heteroatoms. The summed E-state index contributed by atoms with van der Waals surface area (Å²) in [5.41, 5.74) is 1.73. The zero-order chi connectivity index (χ0) is 18.9. The van der Waals surface area contributed by atoms with E-state index in [4.69, 9.17) is 9.47 Å². The van der Waals surface area contributed by atoms with E-state index in [2.05, 4.69) is 41.5 Å². The minimum atomic E-state index is -0.437. The molecule has 0 aromatic heterocycles. The smallest absolute Gasteiger partial charge is 0.334 e. The Morgan fingerprint density at radius 1 is 1.12 bits per heavy atom. The number of hydrogen-bond acceptors (Lipinski definition) is 4. The van der Waals surface area contributed by atoms with E-state index in [1.54, 1.807) is 0 Å². The van der Waals surface area contributed by atoms with Gasteiger partial charge in [0, 0.05) is 16.4 Å². The van der Waals surface area contributed by atoms with Gasteiger partial charge in [-0.1, -0.05) is 41.5 Å². The van der Waals surface area contributed by atoms with Crippen LogP contribution in [0.15, 0.2) is 11.1 Å². The monoisotopic (exact) mass is 360 g/mol. The van der Waals surface area contributed by atoms with Crippen molar-refractivity contribution in [1.82, 2.24) is 0 Å². The molecule has 3 fully saturated rings. The van der Waals surface area contributed by atoms with Crippen LogP contribution in [0.25, 0.3) is 0 Å². The molecule has 2 unspecified atom stereocenters. The summed E-state index contributed by atoms with van der Waals surface area (Å²) < 4.78 is 12.0. The van der Waals surface area contributed by atoms with Crippen LogP contribution in [0, 0.1) is 34.0 Å². The third kappa shape index (κ3) is 1.53. The van der Waals surface area contributed by atoms with Gasteiger partial charge in [-0.2, -0.15) is 0 Å². The molecule has 2 heterocycles. The molecule has 0 aromatic carbocycles. The average Bonchev–Trinajstić information content (AvgIpc) is 3.22. The molecule has 1 saturated heterocycles. The minimum absolute atomic E-state index is 0.0485. The molecule has 5 rings (SSSR count). The maximum Gasteiger partial charge on any atom is 0.334 e. The van der Waals surface area contributed by atoms with Gasteiger partial charge in [-0.05, 0) is 48.0 Å². The molecular weight excluding hydrogens is 328 g/mol. The lowest BCUT2D eigenvalue weighted by atomic mass is 9.38. The van der Waals surface area contributed by atoms with Gasteiger partial charge in [-0.25, -0.2) is 4.79 Å². The van der Waals surface area contributed by atoms with Crippen LogP contribution in [0.4, 0.5) is 0 Å². The van der Waals surface area contributed by atoms with Crippen LogP contribution < -0.4 is 0 Å². The lowest BCUT2D eigenvalue weighted by molar-refractivity contribution is -0.163. The van der Waals surface area contributed by atoms with Crippen molar-refractivity contribution in [1.29, 1.82) is 0 Å². The lowest BCUT2D eigenvalue weighted by Crippen LogP contribution is -2.68. The van der Waals surface area contributed by atoms with Crippen LogP contribution in [-0.2, 0) is 14.3 Å². The SMILES string of the molecule is CC1C[C@@]2(C)[C@@H](CC[C@]3(C)C(C)C(C)(C)[C@@H](O)[C@@H]4O[C@]423)C2=C1C(=O)OC2. The van der Waals surface area contributed by atoms with Crippen LogP contribution in [0.2, 0.25) is 0 Å². The number of rotatable bonds is 0. The number of esters is 1. The quantitative estimate of drug-likeness (QED) is 0.531. The van der Waals surface area contributed by atoms with Crippen molar-refractivity contribution in [3.05, 3.63) is 11.1 Å². The molecule has 8 atom stereocenters. The Balaban J connectivity index is 1.67. The number of carbonyl (C=O) groups is 1. The van der Waals surface area contributed by atoms with Crippen LogP contribution in [0.1, 0.15) is 60.8 Å². The first-order chi connectivity index (χ1) is 12.0. The fraction of sp³-hybridized carbons (Fsp3) is 0.864. The number of aliphatic hydroxyl groups excluding tert-OH is 1. The van der Waals surface area contributed by atoms with Gasteiger partial charge < -0.3 is 14.6 Å². The Labute approximate surface area is 156 Å². The van der Waals surface area contributed by atoms with Crippen molar-refractivity contribution in [2.24, 2.45) is 34.0 Å². The second kappa shape index (κ2) is 4.57. The number of ether oxygens (including phenoxy) is 2. The number of aliphatic hydroxyl groups is 1. The first-order valence-corrected chi connectivity index (χ1v) is 10.3. The molecule has 1 N–H and O–H groups in total. The normalized spacial score (nSPS) is 56.9. The topological polar surface area (TPSA) is 59.1 Å². The second-order valence-corrected chi connectivity index (χ2v) is 10.8. The molecule has 1 spiro atoms. The van der Waals surface area contributed by atoms with Crippen molar-refractivity contribution in [3.63, 3.8) is 0 Å². The fourth-order valence-electron chi connectivity index (χ4n) is 8.06. The third-order valence-electron chi connectivity index (χ3n) is 9.76. The Morgan fingerprint density at radius 2 is 1.81 bits per heavy atom. The van der Waals surface area contributed by atoms with Gasteiger partial charge in [0.25, 0.3) is 0 Å². The second-order valence-electron chi connectivity index (χ2n) is 10.8. The molecule has 0 aromatic rings. The summed E-state index contributed by atoms with van der Waals surface area (Å²) in [5.74, 6) is 0.796. The van der Waals surface area contributed by atoms with Gasteiger partial charge in [0.1, 0.15) is 18.3 Å². The van der Waals surface area contributed by atoms with E-state index in [1.165, 1.54) is 5.57 Å². The Bertz CT molecular complexity index is 738. The zero-order valence-electron chi connectivity index (χ0n) is 16.9. The molecule has 2 saturated carbocycles. The van der Waals surface area contributed by atoms with Crippen LogP contribution in [0.3, 0.4) is 0 Å². The van der Waals surface area contributed by atoms with Crippen LogP contribution in [0.5, 0.6) is 0 Å². The highest BCUT2D eigenvalue weighted by atomic mass is 16.6. The number of cyclic esters (lactones) is 1. The Morgan fingerprint density at radius 3 is 2.50 bits per heavy atom. The summed E-state index contributed by atoms with van der Waals surface area (Å²) >= 11 is 0. The minimum Gasteiger partial charge on any atom is -0.458 e. The molecular formula is C22H32O4. The molecule has 0 bridgehead atoms. The highest BCUT2D eigenvalue weighted by Crippen LogP contribution is 2.78. The predicted octanol–water partition coefficient (Wildman–Crippen LogP) is 3.48. The van der Waals surface area contributed by atoms with E-state index in [1.807, 2.05) is 0 Å². The molecule has 26 heavy (non-hydrogen) atoms. The molecule has 144 valence electrons.